The lowest BCUT2D eigenvalue weighted by Gasteiger charge is -2.10. The summed E-state index contributed by atoms with van der Waals surface area (Å²) >= 11 is 0. The molecule has 0 spiro atoms. The third-order valence-corrected chi connectivity index (χ3v) is 4.67. The highest BCUT2D eigenvalue weighted by molar-refractivity contribution is 6.18. The smallest absolute Gasteiger partial charge is 0.411 e. The molecule has 1 aromatic heterocycles. The van der Waals surface area contributed by atoms with Crippen molar-refractivity contribution in [3.63, 3.8) is 0 Å². The maximum Gasteiger partial charge on any atom is 0.411 e. The number of aromatic nitrogens is 2. The quantitative estimate of drug-likeness (QED) is 0.283. The standard InChI is InChI=1S/C24H16N4O4/c1-2-14-6-5-7-16(12-14)25-22(30)18-9-4-3-8-17(18)21(29)15-10-11-19-20(13-15)27-23(26-19)28-24(31)32/h1,3-13H,(H,25,30)(H,31,32)(H2,26,27,28). The number of aromatic amines is 1. The number of carboxylic acid groups (broad SMARTS) is 1. The zero-order valence-corrected chi connectivity index (χ0v) is 16.5. The van der Waals surface area contributed by atoms with Crippen LogP contribution in [0.1, 0.15) is 31.8 Å². The maximum absolute atomic E-state index is 13.2. The molecule has 3 aromatic carbocycles. The molecule has 2 amide bonds. The molecule has 1 heterocycles. The van der Waals surface area contributed by atoms with E-state index in [0.717, 1.165) is 0 Å². The molecule has 0 saturated carbocycles. The Hall–Kier alpha value is -4.90. The zero-order valence-electron chi connectivity index (χ0n) is 16.5. The van der Waals surface area contributed by atoms with E-state index in [-0.39, 0.29) is 22.9 Å². The Kier molecular flexibility index (Phi) is 5.38. The number of hydrogen-bond acceptors (Lipinski definition) is 4. The van der Waals surface area contributed by atoms with E-state index in [4.69, 9.17) is 11.5 Å². The minimum atomic E-state index is -1.26. The fourth-order valence-electron chi connectivity index (χ4n) is 3.23. The number of carbonyl (C=O) groups excluding carboxylic acids is 2. The van der Waals surface area contributed by atoms with Gasteiger partial charge in [-0.25, -0.2) is 9.78 Å². The molecule has 0 saturated heterocycles. The van der Waals surface area contributed by atoms with Crippen LogP contribution in [0.3, 0.4) is 0 Å². The summed E-state index contributed by atoms with van der Waals surface area (Å²) in [5.41, 5.74) is 2.86. The number of anilines is 2. The third kappa shape index (κ3) is 4.17. The predicted molar refractivity (Wildman–Crippen MR) is 120 cm³/mol. The van der Waals surface area contributed by atoms with E-state index in [2.05, 4.69) is 26.5 Å². The van der Waals surface area contributed by atoms with Crippen LogP contribution in [-0.4, -0.2) is 32.9 Å². The molecule has 156 valence electrons. The molecule has 4 aromatic rings. The molecular weight excluding hydrogens is 408 g/mol. The van der Waals surface area contributed by atoms with Gasteiger partial charge in [0, 0.05) is 22.4 Å². The molecule has 0 atom stereocenters. The van der Waals surface area contributed by atoms with Crippen LogP contribution >= 0.6 is 0 Å². The van der Waals surface area contributed by atoms with Crippen LogP contribution in [-0.2, 0) is 0 Å². The summed E-state index contributed by atoms with van der Waals surface area (Å²) in [4.78, 5) is 43.8. The van der Waals surface area contributed by atoms with E-state index in [1.165, 1.54) is 0 Å². The number of terminal acetylenes is 1. The largest absolute Gasteiger partial charge is 0.465 e. The Morgan fingerprint density at radius 1 is 0.938 bits per heavy atom. The lowest BCUT2D eigenvalue weighted by atomic mass is 9.97. The number of fused-ring (bicyclic) bond motifs is 1. The van der Waals surface area contributed by atoms with Crippen molar-refractivity contribution in [2.75, 3.05) is 10.6 Å². The van der Waals surface area contributed by atoms with Crippen molar-refractivity contribution in [2.24, 2.45) is 0 Å². The van der Waals surface area contributed by atoms with Crippen molar-refractivity contribution in [3.8, 4) is 12.3 Å². The van der Waals surface area contributed by atoms with E-state index in [0.29, 0.717) is 27.8 Å². The van der Waals surface area contributed by atoms with Crippen LogP contribution < -0.4 is 10.6 Å². The number of benzene rings is 3. The Balaban J connectivity index is 1.64. The first kappa shape index (κ1) is 20.4. The van der Waals surface area contributed by atoms with Crippen LogP contribution in [0.4, 0.5) is 16.4 Å². The SMILES string of the molecule is C#Cc1cccc(NC(=O)c2ccccc2C(=O)c2ccc3nc(NC(=O)O)[nH]c3c2)c1. The summed E-state index contributed by atoms with van der Waals surface area (Å²) in [7, 11) is 0. The van der Waals surface area contributed by atoms with Gasteiger partial charge in [-0.2, -0.15) is 0 Å². The van der Waals surface area contributed by atoms with Crippen LogP contribution in [0.2, 0.25) is 0 Å². The van der Waals surface area contributed by atoms with Gasteiger partial charge in [0.25, 0.3) is 5.91 Å². The number of hydrogen-bond donors (Lipinski definition) is 4. The highest BCUT2D eigenvalue weighted by atomic mass is 16.4. The second-order valence-electron chi connectivity index (χ2n) is 6.80. The minimum Gasteiger partial charge on any atom is -0.465 e. The second kappa shape index (κ2) is 8.45. The number of imidazole rings is 1. The molecule has 0 bridgehead atoms. The normalized spacial score (nSPS) is 10.3. The van der Waals surface area contributed by atoms with E-state index in [1.807, 2.05) is 0 Å². The Bertz CT molecular complexity index is 1420. The van der Waals surface area contributed by atoms with Crippen molar-refractivity contribution in [1.82, 2.24) is 9.97 Å². The van der Waals surface area contributed by atoms with E-state index in [9.17, 15) is 14.4 Å². The molecule has 8 heteroatoms. The molecule has 0 aliphatic rings. The van der Waals surface area contributed by atoms with Gasteiger partial charge >= 0.3 is 6.09 Å². The first-order valence-corrected chi connectivity index (χ1v) is 9.46. The number of rotatable bonds is 5. The first-order valence-electron chi connectivity index (χ1n) is 9.46. The van der Waals surface area contributed by atoms with Crippen LogP contribution in [0.25, 0.3) is 11.0 Å². The van der Waals surface area contributed by atoms with Gasteiger partial charge in [0.1, 0.15) is 0 Å². The van der Waals surface area contributed by atoms with Gasteiger partial charge < -0.3 is 15.4 Å². The number of H-pyrrole nitrogens is 1. The Labute approximate surface area is 182 Å². The molecular formula is C24H16N4O4. The van der Waals surface area contributed by atoms with Gasteiger partial charge in [-0.1, -0.05) is 30.2 Å². The summed E-state index contributed by atoms with van der Waals surface area (Å²) in [6, 6.07) is 18.1. The van der Waals surface area contributed by atoms with E-state index in [1.54, 1.807) is 66.7 Å². The summed E-state index contributed by atoms with van der Waals surface area (Å²) in [5.74, 6) is 1.75. The van der Waals surface area contributed by atoms with Crippen LogP contribution in [0.15, 0.2) is 66.7 Å². The highest BCUT2D eigenvalue weighted by Gasteiger charge is 2.19. The lowest BCUT2D eigenvalue weighted by molar-refractivity contribution is 0.0996. The molecule has 0 unspecified atom stereocenters. The van der Waals surface area contributed by atoms with E-state index < -0.39 is 12.0 Å². The molecule has 0 radical (unpaired) electrons. The average molecular weight is 424 g/mol. The summed E-state index contributed by atoms with van der Waals surface area (Å²) in [5, 5.41) is 13.7. The Morgan fingerprint density at radius 2 is 1.72 bits per heavy atom. The highest BCUT2D eigenvalue weighted by Crippen LogP contribution is 2.21. The molecule has 0 fully saturated rings. The van der Waals surface area contributed by atoms with Crippen molar-refractivity contribution in [3.05, 3.63) is 89.0 Å². The fraction of sp³-hybridized carbons (Fsp3) is 0. The second-order valence-corrected chi connectivity index (χ2v) is 6.80. The van der Waals surface area contributed by atoms with Crippen LogP contribution in [0, 0.1) is 12.3 Å². The number of ketones is 1. The van der Waals surface area contributed by atoms with Gasteiger partial charge in [-0.05, 0) is 42.5 Å². The number of carbonyl (C=O) groups is 3. The summed E-state index contributed by atoms with van der Waals surface area (Å²) in [6.45, 7) is 0. The number of nitrogens with one attached hydrogen (secondary N) is 3. The molecule has 0 aliphatic carbocycles. The monoisotopic (exact) mass is 424 g/mol. The summed E-state index contributed by atoms with van der Waals surface area (Å²) < 4.78 is 0. The van der Waals surface area contributed by atoms with Crippen molar-refractivity contribution >= 4 is 40.5 Å². The van der Waals surface area contributed by atoms with E-state index >= 15 is 0 Å². The molecule has 4 N–H and O–H groups in total. The fourth-order valence-corrected chi connectivity index (χ4v) is 3.23. The molecule has 0 aliphatic heterocycles. The van der Waals surface area contributed by atoms with Crippen molar-refractivity contribution < 1.29 is 19.5 Å². The lowest BCUT2D eigenvalue weighted by Crippen LogP contribution is -2.17. The molecule has 8 nitrogen and oxygen atoms in total. The average Bonchev–Trinajstić information content (AvgIpc) is 3.19. The maximum atomic E-state index is 13.2. The molecule has 32 heavy (non-hydrogen) atoms. The zero-order chi connectivity index (χ0) is 22.7. The van der Waals surface area contributed by atoms with Gasteiger partial charge in [-0.15, -0.1) is 6.42 Å². The Morgan fingerprint density at radius 3 is 2.47 bits per heavy atom. The van der Waals surface area contributed by atoms with Crippen molar-refractivity contribution in [2.45, 2.75) is 0 Å². The third-order valence-electron chi connectivity index (χ3n) is 4.67. The minimum absolute atomic E-state index is 0.0473. The van der Waals surface area contributed by atoms with Crippen molar-refractivity contribution in [1.29, 1.82) is 0 Å². The topological polar surface area (TPSA) is 124 Å². The predicted octanol–water partition coefficient (Wildman–Crippen LogP) is 4.12. The van der Waals surface area contributed by atoms with Gasteiger partial charge in [0.2, 0.25) is 5.95 Å². The number of amides is 2. The van der Waals surface area contributed by atoms with Crippen LogP contribution in [0.5, 0.6) is 0 Å². The van der Waals surface area contributed by atoms with Gasteiger partial charge in [-0.3, -0.25) is 14.9 Å². The first-order chi connectivity index (χ1) is 15.4. The van der Waals surface area contributed by atoms with Gasteiger partial charge in [0.15, 0.2) is 5.78 Å². The summed E-state index contributed by atoms with van der Waals surface area (Å²) in [6.07, 6.45) is 4.15. The number of nitrogens with zero attached hydrogens (tertiary/aromatic N) is 1. The van der Waals surface area contributed by atoms with Gasteiger partial charge in [0.05, 0.1) is 16.6 Å². The molecule has 4 rings (SSSR count).